The monoisotopic (exact) mass is 1100 g/mol. The van der Waals surface area contributed by atoms with Gasteiger partial charge in [0, 0.05) is 44.2 Å². The lowest BCUT2D eigenvalue weighted by Gasteiger charge is -2.60. The Morgan fingerprint density at radius 1 is 0.772 bits per heavy atom. The fraction of sp³-hybridized carbons (Fsp3) is 0.708. The van der Waals surface area contributed by atoms with Crippen molar-refractivity contribution >= 4 is 17.9 Å². The number of allylic oxidation sites excluding steroid dienone is 1. The molecule has 2 heterocycles. The van der Waals surface area contributed by atoms with Crippen molar-refractivity contribution in [2.45, 2.75) is 238 Å². The number of aliphatic hydroxyl groups excluding tert-OH is 2. The Hall–Kier alpha value is -4.79. The summed E-state index contributed by atoms with van der Waals surface area (Å²) in [5.74, 6) is -0.225. The van der Waals surface area contributed by atoms with Crippen LogP contribution >= 0.6 is 0 Å². The van der Waals surface area contributed by atoms with Crippen LogP contribution in [0.5, 0.6) is 23.0 Å². The minimum absolute atomic E-state index is 0.0191. The van der Waals surface area contributed by atoms with E-state index in [0.717, 1.165) is 80.9 Å². The Labute approximate surface area is 474 Å². The minimum atomic E-state index is -1.52. The molecule has 6 atom stereocenters. The van der Waals surface area contributed by atoms with E-state index in [4.69, 9.17) is 38.4 Å². The van der Waals surface area contributed by atoms with E-state index in [1.165, 1.54) is 89.9 Å². The molecule has 0 saturated heterocycles. The largest absolute Gasteiger partial charge is 0.459 e. The first-order valence-corrected chi connectivity index (χ1v) is 31.0. The Bertz CT molecular complexity index is 2210. The summed E-state index contributed by atoms with van der Waals surface area (Å²) >= 11 is 0. The van der Waals surface area contributed by atoms with E-state index in [1.54, 1.807) is 17.0 Å². The summed E-state index contributed by atoms with van der Waals surface area (Å²) in [4.78, 5) is 36.9. The van der Waals surface area contributed by atoms with Gasteiger partial charge >= 0.3 is 12.2 Å². The molecule has 14 nitrogen and oxygen atoms in total. The fourth-order valence-corrected chi connectivity index (χ4v) is 12.2. The van der Waals surface area contributed by atoms with Crippen LogP contribution in [-0.2, 0) is 20.9 Å². The summed E-state index contributed by atoms with van der Waals surface area (Å²) in [6.07, 6.45) is 31.3. The quantitative estimate of drug-likeness (QED) is 0.0333. The molecule has 442 valence electrons. The van der Waals surface area contributed by atoms with Gasteiger partial charge in [0.15, 0.2) is 11.5 Å². The summed E-state index contributed by atoms with van der Waals surface area (Å²) < 4.78 is 38.8. The van der Waals surface area contributed by atoms with E-state index >= 15 is 4.79 Å². The number of unbranched alkanes of at least 4 members (excludes halogenated alkanes) is 20. The zero-order valence-corrected chi connectivity index (χ0v) is 49.2. The van der Waals surface area contributed by atoms with Gasteiger partial charge < -0.3 is 48.8 Å². The predicted molar refractivity (Wildman–Crippen MR) is 313 cm³/mol. The highest BCUT2D eigenvalue weighted by atomic mass is 16.7. The van der Waals surface area contributed by atoms with Gasteiger partial charge in [-0.1, -0.05) is 166 Å². The summed E-state index contributed by atoms with van der Waals surface area (Å²) in [6.45, 7) is 15.8. The van der Waals surface area contributed by atoms with E-state index in [0.29, 0.717) is 48.1 Å². The zero-order chi connectivity index (χ0) is 56.3. The van der Waals surface area contributed by atoms with Gasteiger partial charge in [-0.2, -0.15) is 0 Å². The number of rotatable bonds is 38. The number of oxime groups is 1. The Morgan fingerprint density at radius 2 is 1.39 bits per heavy atom. The third kappa shape index (κ3) is 19.2. The maximum atomic E-state index is 15.3. The van der Waals surface area contributed by atoms with E-state index in [-0.39, 0.29) is 63.9 Å². The molecule has 79 heavy (non-hydrogen) atoms. The highest BCUT2D eigenvalue weighted by Gasteiger charge is 2.66. The number of amides is 2. The highest BCUT2D eigenvalue weighted by molar-refractivity contribution is 6.03. The Kier molecular flexibility index (Phi) is 27.2. The topological polar surface area (TPSA) is 167 Å². The molecule has 0 unspecified atom stereocenters. The van der Waals surface area contributed by atoms with Crippen molar-refractivity contribution in [2.24, 2.45) is 22.9 Å². The van der Waals surface area contributed by atoms with E-state index in [1.807, 2.05) is 51.1 Å². The second-order valence-corrected chi connectivity index (χ2v) is 23.6. The smallest absolute Gasteiger partial charge is 0.412 e. The van der Waals surface area contributed by atoms with Crippen LogP contribution in [0, 0.1) is 17.8 Å². The number of fused-ring (bicyclic) bond motifs is 3. The van der Waals surface area contributed by atoms with Gasteiger partial charge in [0.25, 0.3) is 0 Å². The number of nitrogens with one attached hydrogen (secondary N) is 1. The van der Waals surface area contributed by atoms with Gasteiger partial charge in [-0.15, -0.1) is 6.58 Å². The average molecular weight is 1100 g/mol. The molecule has 1 saturated carbocycles. The van der Waals surface area contributed by atoms with Crippen molar-refractivity contribution < 1.29 is 53.1 Å². The summed E-state index contributed by atoms with van der Waals surface area (Å²) in [6, 6.07) is 10.5. The molecule has 6 rings (SSSR count). The van der Waals surface area contributed by atoms with E-state index < -0.39 is 35.5 Å². The zero-order valence-electron chi connectivity index (χ0n) is 49.2. The van der Waals surface area contributed by atoms with Gasteiger partial charge in [-0.05, 0) is 113 Å². The fourth-order valence-electron chi connectivity index (χ4n) is 12.2. The lowest BCUT2D eigenvalue weighted by molar-refractivity contribution is -0.256. The molecule has 2 aromatic carbocycles. The van der Waals surface area contributed by atoms with Gasteiger partial charge in [-0.3, -0.25) is 4.90 Å². The number of nitrogens with zero attached hydrogens (tertiary/aromatic N) is 2. The second kappa shape index (κ2) is 33.8. The van der Waals surface area contributed by atoms with Crippen molar-refractivity contribution in [1.82, 2.24) is 10.2 Å². The molecule has 2 aromatic rings. The molecule has 0 radical (unpaired) electrons. The molecule has 4 aliphatic rings. The summed E-state index contributed by atoms with van der Waals surface area (Å²) in [5.41, 5.74) is 2.61. The van der Waals surface area contributed by atoms with Crippen molar-refractivity contribution in [3.8, 4) is 23.0 Å². The van der Waals surface area contributed by atoms with Crippen LogP contribution in [0.15, 0.2) is 65.9 Å². The molecule has 2 aliphatic carbocycles. The number of ether oxygens (including phenoxy) is 6. The van der Waals surface area contributed by atoms with Crippen LogP contribution < -0.4 is 24.3 Å². The number of carbonyl (C=O) groups excluding carboxylic acids is 2. The van der Waals surface area contributed by atoms with E-state index in [9.17, 15) is 15.0 Å². The molecule has 14 heteroatoms. The maximum Gasteiger partial charge on any atom is 0.412 e. The molecular formula is C65H101N3O11. The molecule has 0 bridgehead atoms. The predicted octanol–water partition coefficient (Wildman–Crippen LogP) is 15.4. The molecule has 2 aliphatic heterocycles. The van der Waals surface area contributed by atoms with E-state index in [2.05, 4.69) is 31.8 Å². The highest BCUT2D eigenvalue weighted by Crippen LogP contribution is 2.62. The van der Waals surface area contributed by atoms with Crippen molar-refractivity contribution in [2.75, 3.05) is 39.8 Å². The normalized spacial score (nSPS) is 21.4. The van der Waals surface area contributed by atoms with Crippen molar-refractivity contribution in [3.63, 3.8) is 0 Å². The molecule has 2 amide bonds. The molecule has 3 N–H and O–H groups in total. The number of aliphatic hydroxyl groups is 2. The first-order chi connectivity index (χ1) is 38.5. The van der Waals surface area contributed by atoms with Gasteiger partial charge in [-0.25, -0.2) is 9.59 Å². The number of hydrogen-bond acceptors (Lipinski definition) is 12. The summed E-state index contributed by atoms with van der Waals surface area (Å²) in [5, 5.41) is 28.2. The number of benzene rings is 2. The SMILES string of the molecule is C=CCO[C@@]12Oc3ccc(OC(=O)NCCCCCCCCCCCC)cc3[C@H]3[C@H](CCCCO)[C@@H](CCCCO)C=C(C(=NOC(C)(C)C)C[C@@H]1N(Cc1ccc4c(c1)OCO4)C(=O)OCCCCCCCCCCCC)[C@H]32. The average Bonchev–Trinajstić information content (AvgIpc) is 4.07. The second-order valence-electron chi connectivity index (χ2n) is 23.6. The van der Waals surface area contributed by atoms with Crippen LogP contribution in [0.4, 0.5) is 9.59 Å². The van der Waals surface area contributed by atoms with Crippen LogP contribution in [0.3, 0.4) is 0 Å². The Balaban J connectivity index is 1.38. The standard InChI is InChI=1S/C65H101N3O11/c1-7-10-12-14-16-18-20-22-24-28-38-66-62(71)77-51-35-37-56-54(45-51)60-52(33-27-30-40-70)50(32-26-29-39-69)44-53-55(67-79-64(4,5)6)46-59(65(78-56,61(53)60)76-41-9-3)68(47-49-34-36-57-58(43-49)75-48-74-57)63(72)73-42-31-25-23-21-19-17-15-13-11-8-2/h9,34-37,43-45,50,52,59-61,69-70H,3,7-8,10-33,38-42,46-48H2,1-2,4-6H3,(H,66,71)/t50-,52+,59-,60+,61+,65+/m0/s1. The lowest BCUT2D eigenvalue weighted by atomic mass is 9.55. The van der Waals surface area contributed by atoms with Crippen molar-refractivity contribution in [3.05, 3.63) is 71.8 Å². The summed E-state index contributed by atoms with van der Waals surface area (Å²) in [7, 11) is 0. The molecular weight excluding hydrogens is 999 g/mol. The Morgan fingerprint density at radius 3 is 2.04 bits per heavy atom. The van der Waals surface area contributed by atoms with Crippen LogP contribution in [-0.4, -0.2) is 90.2 Å². The van der Waals surface area contributed by atoms with Crippen LogP contribution in [0.25, 0.3) is 0 Å². The van der Waals surface area contributed by atoms with Gasteiger partial charge in [0.1, 0.15) is 23.1 Å². The maximum absolute atomic E-state index is 15.3. The first kappa shape index (κ1) is 63.4. The molecule has 1 fully saturated rings. The molecule has 0 aromatic heterocycles. The minimum Gasteiger partial charge on any atom is -0.459 e. The van der Waals surface area contributed by atoms with Crippen molar-refractivity contribution in [1.29, 1.82) is 0 Å². The first-order valence-electron chi connectivity index (χ1n) is 31.0. The molecule has 0 spiro atoms. The lowest BCUT2D eigenvalue weighted by Crippen LogP contribution is -2.70. The van der Waals surface area contributed by atoms with Gasteiger partial charge in [0.05, 0.1) is 24.8 Å². The third-order valence-corrected chi connectivity index (χ3v) is 16.2. The number of carbonyl (C=O) groups is 2. The van der Waals surface area contributed by atoms with Crippen LogP contribution in [0.1, 0.15) is 225 Å². The number of hydrogen-bond donors (Lipinski definition) is 3. The third-order valence-electron chi connectivity index (χ3n) is 16.2. The van der Waals surface area contributed by atoms with Gasteiger partial charge in [0.2, 0.25) is 12.6 Å². The van der Waals surface area contributed by atoms with Crippen LogP contribution in [0.2, 0.25) is 0 Å².